The van der Waals surface area contributed by atoms with Crippen LogP contribution < -0.4 is 5.32 Å². The predicted octanol–water partition coefficient (Wildman–Crippen LogP) is 5.57. The monoisotopic (exact) mass is 825 g/mol. The second-order valence-corrected chi connectivity index (χ2v) is 19.3. The summed E-state index contributed by atoms with van der Waals surface area (Å²) in [5, 5.41) is 27.0. The fourth-order valence-electron chi connectivity index (χ4n) is 11.1. The number of aliphatic hydroxyl groups excluding tert-OH is 1. The van der Waals surface area contributed by atoms with E-state index in [9.17, 15) is 29.4 Å². The molecule has 1 amide bonds. The summed E-state index contributed by atoms with van der Waals surface area (Å²) >= 11 is 0. The molecule has 4 fully saturated rings. The van der Waals surface area contributed by atoms with Crippen LogP contribution in [0, 0.1) is 28.6 Å². The van der Waals surface area contributed by atoms with Gasteiger partial charge < -0.3 is 48.7 Å². The molecule has 2 aliphatic heterocycles. The van der Waals surface area contributed by atoms with Gasteiger partial charge in [-0.2, -0.15) is 0 Å². The summed E-state index contributed by atoms with van der Waals surface area (Å²) in [6, 6.07) is 7.43. The largest absolute Gasteiger partial charge is 0.457 e. The van der Waals surface area contributed by atoms with E-state index >= 15 is 0 Å². The third kappa shape index (κ3) is 7.73. The molecule has 2 saturated heterocycles. The van der Waals surface area contributed by atoms with E-state index in [1.54, 1.807) is 78.0 Å². The van der Waals surface area contributed by atoms with E-state index in [0.717, 1.165) is 0 Å². The minimum absolute atomic E-state index is 0.0118. The molecule has 2 heterocycles. The minimum Gasteiger partial charge on any atom is -0.457 e. The quantitative estimate of drug-likeness (QED) is 0.143. The molecule has 3 aliphatic carbocycles. The summed E-state index contributed by atoms with van der Waals surface area (Å²) in [6.45, 7) is 23.2. The van der Waals surface area contributed by atoms with Crippen LogP contribution in [0.2, 0.25) is 0 Å². The molecule has 59 heavy (non-hydrogen) atoms. The van der Waals surface area contributed by atoms with Crippen molar-refractivity contribution in [3.05, 3.63) is 59.7 Å². The number of rotatable bonds is 11. The van der Waals surface area contributed by atoms with Crippen LogP contribution in [0.5, 0.6) is 0 Å². The maximum absolute atomic E-state index is 14.5. The molecule has 326 valence electrons. The van der Waals surface area contributed by atoms with Crippen molar-refractivity contribution in [3.8, 4) is 0 Å². The number of hydrogen-bond acceptors (Lipinski definition) is 13. The zero-order valence-corrected chi connectivity index (χ0v) is 36.2. The number of fused-ring (bicyclic) bond motifs is 3. The average Bonchev–Trinajstić information content (AvgIpc) is 3.39. The van der Waals surface area contributed by atoms with Crippen LogP contribution in [0.1, 0.15) is 106 Å². The summed E-state index contributed by atoms with van der Waals surface area (Å²) in [7, 11) is 0. The van der Waals surface area contributed by atoms with Crippen LogP contribution in [0.4, 0.5) is 4.79 Å². The molecule has 3 N–H and O–H groups in total. The Hall–Kier alpha value is -3.82. The SMILES string of the molecule is C=C[C@H]1O[C@H]2C[C@H]3OC[C@@]3(OC(C)=O)[C@H]3[C@H](OC(=O)c4ccccc4)[C@]4(C(C)(C)O)CC(OC(=O)C(O)C(CC(C)C)NC(=O)OC(C)(C)C)C(C)=C4[C@H](C)[C@H](O1)[C@]23C. The Morgan fingerprint density at radius 3 is 2.25 bits per heavy atom. The van der Waals surface area contributed by atoms with Crippen molar-refractivity contribution in [2.75, 3.05) is 6.61 Å². The third-order valence-electron chi connectivity index (χ3n) is 13.3. The smallest absolute Gasteiger partial charge is 0.407 e. The number of nitrogens with one attached hydrogen (secondary N) is 1. The normalized spacial score (nSPS) is 36.0. The molecule has 2 saturated carbocycles. The van der Waals surface area contributed by atoms with Crippen molar-refractivity contribution in [1.29, 1.82) is 0 Å². The van der Waals surface area contributed by atoms with Gasteiger partial charge in [0.25, 0.3) is 0 Å². The van der Waals surface area contributed by atoms with Gasteiger partial charge in [-0.3, -0.25) is 4.79 Å². The highest BCUT2D eigenvalue weighted by Crippen LogP contribution is 2.70. The lowest BCUT2D eigenvalue weighted by atomic mass is 9.49. The zero-order chi connectivity index (χ0) is 43.6. The number of hydrogen-bond donors (Lipinski definition) is 3. The van der Waals surface area contributed by atoms with Crippen molar-refractivity contribution in [1.82, 2.24) is 5.32 Å². The number of amides is 1. The van der Waals surface area contributed by atoms with Crippen molar-refractivity contribution in [2.45, 2.75) is 161 Å². The number of carbonyl (C=O) groups excluding carboxylic acids is 4. The van der Waals surface area contributed by atoms with E-state index in [1.807, 2.05) is 27.7 Å². The van der Waals surface area contributed by atoms with E-state index in [4.69, 9.17) is 33.2 Å². The first-order chi connectivity index (χ1) is 27.4. The molecule has 1 aromatic carbocycles. The molecule has 0 radical (unpaired) electrons. The lowest BCUT2D eigenvalue weighted by molar-refractivity contribution is -0.391. The van der Waals surface area contributed by atoms with Crippen LogP contribution in [-0.4, -0.2) is 107 Å². The molecule has 6 rings (SSSR count). The number of alkyl carbamates (subject to hydrolysis) is 1. The lowest BCUT2D eigenvalue weighted by Crippen LogP contribution is -2.80. The van der Waals surface area contributed by atoms with Gasteiger partial charge >= 0.3 is 24.0 Å². The van der Waals surface area contributed by atoms with Crippen LogP contribution in [-0.2, 0) is 42.7 Å². The Morgan fingerprint density at radius 2 is 1.71 bits per heavy atom. The number of ether oxygens (including phenoxy) is 7. The van der Waals surface area contributed by atoms with Gasteiger partial charge in [-0.1, -0.05) is 52.5 Å². The van der Waals surface area contributed by atoms with Gasteiger partial charge in [0.05, 0.1) is 47.4 Å². The van der Waals surface area contributed by atoms with Gasteiger partial charge in [0.2, 0.25) is 0 Å². The van der Waals surface area contributed by atoms with E-state index in [0.29, 0.717) is 17.6 Å². The predicted molar refractivity (Wildman–Crippen MR) is 214 cm³/mol. The lowest BCUT2D eigenvalue weighted by Gasteiger charge is -2.67. The molecule has 14 heteroatoms. The van der Waals surface area contributed by atoms with E-state index in [1.165, 1.54) is 6.92 Å². The Morgan fingerprint density at radius 1 is 1.05 bits per heavy atom. The standard InChI is InChI=1S/C45H63NO13/c1-13-32-55-30-20-31-45(22-53-31,58-26(6)47)35-37(57-38(49)27-17-15-14-16-18-27)44(42(10,11)52)21-29(24(4)33(44)25(5)36(56-32)43(30,35)12)54-39(50)34(48)28(19-23(2)3)46-40(51)59-41(7,8)9/h13-18,23,25,28-32,34-37,48,52H,1,19-22H2,2-12H3,(H,46,51)/t25-,28?,29?,30-,31+,32-,34?,35-,36-,37-,43+,44-,45-/m0/s1. The molecule has 0 aromatic heterocycles. The summed E-state index contributed by atoms with van der Waals surface area (Å²) in [4.78, 5) is 54.6. The van der Waals surface area contributed by atoms with Gasteiger partial charge in [-0.25, -0.2) is 14.4 Å². The Labute approximate surface area is 347 Å². The second kappa shape index (κ2) is 15.9. The first-order valence-corrected chi connectivity index (χ1v) is 20.7. The first kappa shape index (κ1) is 44.7. The fourth-order valence-corrected chi connectivity index (χ4v) is 11.1. The maximum Gasteiger partial charge on any atom is 0.407 e. The fraction of sp³-hybridized carbons (Fsp3) is 0.689. The number of benzene rings is 1. The Balaban J connectivity index is 1.52. The van der Waals surface area contributed by atoms with Crippen LogP contribution in [0.25, 0.3) is 0 Å². The highest BCUT2D eigenvalue weighted by molar-refractivity contribution is 5.89. The summed E-state index contributed by atoms with van der Waals surface area (Å²) in [5.74, 6) is -3.69. The molecule has 14 nitrogen and oxygen atoms in total. The molecule has 0 spiro atoms. The van der Waals surface area contributed by atoms with Crippen molar-refractivity contribution >= 4 is 24.0 Å². The Bertz CT molecular complexity index is 1830. The van der Waals surface area contributed by atoms with E-state index < -0.39 is 112 Å². The average molecular weight is 826 g/mol. The molecule has 13 atom stereocenters. The molecule has 3 unspecified atom stereocenters. The van der Waals surface area contributed by atoms with Crippen LogP contribution >= 0.6 is 0 Å². The number of carbonyl (C=O) groups is 4. The van der Waals surface area contributed by atoms with Crippen LogP contribution in [0.15, 0.2) is 54.1 Å². The van der Waals surface area contributed by atoms with E-state index in [2.05, 4.69) is 11.9 Å². The molecule has 0 bridgehead atoms. The second-order valence-electron chi connectivity index (χ2n) is 19.3. The molecule has 5 aliphatic rings. The van der Waals surface area contributed by atoms with Gasteiger partial charge in [-0.15, -0.1) is 0 Å². The van der Waals surface area contributed by atoms with Crippen LogP contribution in [0.3, 0.4) is 0 Å². The van der Waals surface area contributed by atoms with Gasteiger partial charge in [0.1, 0.15) is 23.9 Å². The van der Waals surface area contributed by atoms with E-state index in [-0.39, 0.29) is 30.9 Å². The van der Waals surface area contributed by atoms with Gasteiger partial charge in [-0.05, 0) is 83.2 Å². The highest BCUT2D eigenvalue weighted by Gasteiger charge is 2.80. The van der Waals surface area contributed by atoms with Gasteiger partial charge in [0, 0.05) is 31.1 Å². The van der Waals surface area contributed by atoms with Crippen molar-refractivity contribution in [2.24, 2.45) is 28.6 Å². The van der Waals surface area contributed by atoms with Crippen molar-refractivity contribution in [3.63, 3.8) is 0 Å². The molecular weight excluding hydrogens is 762 g/mol. The zero-order valence-electron chi connectivity index (χ0n) is 36.2. The van der Waals surface area contributed by atoms with Gasteiger partial charge in [0.15, 0.2) is 18.0 Å². The summed E-state index contributed by atoms with van der Waals surface area (Å²) < 4.78 is 44.4. The minimum atomic E-state index is -1.79. The molecule has 1 aromatic rings. The summed E-state index contributed by atoms with van der Waals surface area (Å²) in [6.07, 6.45) is -5.55. The first-order valence-electron chi connectivity index (χ1n) is 20.7. The number of aliphatic hydroxyl groups is 2. The third-order valence-corrected chi connectivity index (χ3v) is 13.3. The highest BCUT2D eigenvalue weighted by atomic mass is 16.7. The topological polar surface area (TPSA) is 185 Å². The molecular formula is C45H63NO13. The summed E-state index contributed by atoms with van der Waals surface area (Å²) in [5.41, 5.74) is -4.92. The number of esters is 3. The Kier molecular flexibility index (Phi) is 12.1. The van der Waals surface area contributed by atoms with Crippen molar-refractivity contribution < 1.29 is 62.5 Å². The maximum atomic E-state index is 14.5.